The van der Waals surface area contributed by atoms with E-state index < -0.39 is 0 Å². The first kappa shape index (κ1) is 12.1. The number of nitrogens with zero attached hydrogens (tertiary/aromatic N) is 1. The molecule has 88 valence electrons. The van der Waals surface area contributed by atoms with Gasteiger partial charge in [-0.2, -0.15) is 0 Å². The Morgan fingerprint density at radius 3 is 2.81 bits per heavy atom. The van der Waals surface area contributed by atoms with Crippen molar-refractivity contribution in [2.75, 3.05) is 26.2 Å². The van der Waals surface area contributed by atoms with Crippen LogP contribution in [-0.2, 0) is 11.2 Å². The lowest BCUT2D eigenvalue weighted by Crippen LogP contribution is -2.46. The number of rotatable bonds is 3. The first-order chi connectivity index (χ1) is 7.75. The predicted molar refractivity (Wildman–Crippen MR) is 69.8 cm³/mol. The molecule has 1 N–H and O–H groups in total. The molecular weight excluding hydrogens is 288 g/mol. The largest absolute Gasteiger partial charge is 0.340 e. The summed E-state index contributed by atoms with van der Waals surface area (Å²) in [6, 6.07) is 4.12. The number of carbonyl (C=O) groups excluding carboxylic acids is 1. The Bertz CT molecular complexity index is 361. The van der Waals surface area contributed by atoms with Crippen LogP contribution in [0, 0.1) is 0 Å². The van der Waals surface area contributed by atoms with Crippen LogP contribution in [0.5, 0.6) is 0 Å². The van der Waals surface area contributed by atoms with Gasteiger partial charge in [0.15, 0.2) is 0 Å². The van der Waals surface area contributed by atoms with E-state index >= 15 is 0 Å². The molecule has 0 aliphatic carbocycles. The van der Waals surface area contributed by atoms with Crippen molar-refractivity contribution >= 4 is 33.2 Å². The summed E-state index contributed by atoms with van der Waals surface area (Å²) in [6.45, 7) is 3.56. The molecule has 0 bridgehead atoms. The van der Waals surface area contributed by atoms with Crippen LogP contribution >= 0.6 is 27.3 Å². The van der Waals surface area contributed by atoms with Crippen molar-refractivity contribution in [3.8, 4) is 0 Å². The van der Waals surface area contributed by atoms with Gasteiger partial charge < -0.3 is 10.2 Å². The zero-order valence-corrected chi connectivity index (χ0v) is 11.4. The zero-order chi connectivity index (χ0) is 11.4. The maximum absolute atomic E-state index is 11.9. The number of hydrogen-bond acceptors (Lipinski definition) is 3. The van der Waals surface area contributed by atoms with Gasteiger partial charge in [0.25, 0.3) is 0 Å². The van der Waals surface area contributed by atoms with Gasteiger partial charge >= 0.3 is 0 Å². The van der Waals surface area contributed by atoms with E-state index in [2.05, 4.69) is 27.3 Å². The Balaban J connectivity index is 1.78. The topological polar surface area (TPSA) is 32.3 Å². The highest BCUT2D eigenvalue weighted by molar-refractivity contribution is 9.11. The maximum Gasteiger partial charge on any atom is 0.223 e. The third kappa shape index (κ3) is 3.30. The zero-order valence-electron chi connectivity index (χ0n) is 9.04. The molecule has 1 aromatic heterocycles. The van der Waals surface area contributed by atoms with Crippen LogP contribution in [0.3, 0.4) is 0 Å². The number of piperazine rings is 1. The number of carbonyl (C=O) groups is 1. The molecule has 1 fully saturated rings. The van der Waals surface area contributed by atoms with Crippen LogP contribution in [-0.4, -0.2) is 37.0 Å². The van der Waals surface area contributed by atoms with Crippen LogP contribution in [0.1, 0.15) is 11.3 Å². The van der Waals surface area contributed by atoms with E-state index in [1.165, 1.54) is 4.88 Å². The molecule has 1 amide bonds. The second-order valence-corrected chi connectivity index (χ2v) is 6.38. The minimum absolute atomic E-state index is 0.283. The van der Waals surface area contributed by atoms with Crippen molar-refractivity contribution in [1.82, 2.24) is 10.2 Å². The van der Waals surface area contributed by atoms with Crippen molar-refractivity contribution < 1.29 is 4.79 Å². The highest BCUT2D eigenvalue weighted by Gasteiger charge is 2.15. The summed E-state index contributed by atoms with van der Waals surface area (Å²) in [7, 11) is 0. The molecule has 5 heteroatoms. The minimum atomic E-state index is 0.283. The molecule has 16 heavy (non-hydrogen) atoms. The molecule has 2 heterocycles. The first-order valence-corrected chi connectivity index (χ1v) is 7.09. The molecule has 1 aromatic rings. The van der Waals surface area contributed by atoms with Crippen LogP contribution in [0.2, 0.25) is 0 Å². The molecule has 0 aromatic carbocycles. The van der Waals surface area contributed by atoms with E-state index in [0.717, 1.165) is 36.4 Å². The SMILES string of the molecule is O=C(CCc1ccc(Br)s1)N1CCNCC1. The molecule has 1 aliphatic heterocycles. The predicted octanol–water partition coefficient (Wildman–Crippen LogP) is 1.87. The van der Waals surface area contributed by atoms with Crippen LogP contribution in [0.4, 0.5) is 0 Å². The van der Waals surface area contributed by atoms with Crippen LogP contribution in [0.15, 0.2) is 15.9 Å². The molecule has 0 atom stereocenters. The Kier molecular flexibility index (Phi) is 4.37. The monoisotopic (exact) mass is 302 g/mol. The third-order valence-corrected chi connectivity index (χ3v) is 4.37. The summed E-state index contributed by atoms with van der Waals surface area (Å²) in [5.74, 6) is 0.283. The van der Waals surface area contributed by atoms with Gasteiger partial charge in [-0.1, -0.05) is 0 Å². The van der Waals surface area contributed by atoms with Gasteiger partial charge in [0.1, 0.15) is 0 Å². The molecular formula is C11H15BrN2OS. The van der Waals surface area contributed by atoms with Crippen molar-refractivity contribution in [3.63, 3.8) is 0 Å². The molecule has 0 spiro atoms. The number of aryl methyl sites for hydroxylation is 1. The minimum Gasteiger partial charge on any atom is -0.340 e. The van der Waals surface area contributed by atoms with E-state index in [0.29, 0.717) is 6.42 Å². The smallest absolute Gasteiger partial charge is 0.223 e. The molecule has 0 unspecified atom stereocenters. The highest BCUT2D eigenvalue weighted by Crippen LogP contribution is 2.23. The third-order valence-electron chi connectivity index (χ3n) is 2.68. The number of thiophene rings is 1. The van der Waals surface area contributed by atoms with Gasteiger partial charge in [0.2, 0.25) is 5.91 Å². The lowest BCUT2D eigenvalue weighted by Gasteiger charge is -2.27. The van der Waals surface area contributed by atoms with E-state index in [1.54, 1.807) is 11.3 Å². The Labute approximate surface area is 108 Å². The second-order valence-electron chi connectivity index (χ2n) is 3.84. The fourth-order valence-electron chi connectivity index (χ4n) is 1.79. The van der Waals surface area contributed by atoms with E-state index in [9.17, 15) is 4.79 Å². The van der Waals surface area contributed by atoms with Crippen LogP contribution < -0.4 is 5.32 Å². The molecule has 2 rings (SSSR count). The summed E-state index contributed by atoms with van der Waals surface area (Å²) >= 11 is 5.14. The van der Waals surface area contributed by atoms with E-state index in [4.69, 9.17) is 0 Å². The number of hydrogen-bond donors (Lipinski definition) is 1. The number of nitrogens with one attached hydrogen (secondary N) is 1. The Morgan fingerprint density at radius 1 is 1.44 bits per heavy atom. The molecule has 3 nitrogen and oxygen atoms in total. The fourth-order valence-corrected chi connectivity index (χ4v) is 3.27. The average Bonchev–Trinajstić information content (AvgIpc) is 2.73. The summed E-state index contributed by atoms with van der Waals surface area (Å²) in [5, 5.41) is 3.25. The van der Waals surface area contributed by atoms with Gasteiger partial charge in [-0.15, -0.1) is 11.3 Å². The van der Waals surface area contributed by atoms with E-state index in [-0.39, 0.29) is 5.91 Å². The van der Waals surface area contributed by atoms with Crippen molar-refractivity contribution in [2.24, 2.45) is 0 Å². The summed E-state index contributed by atoms with van der Waals surface area (Å²) in [5.41, 5.74) is 0. The lowest BCUT2D eigenvalue weighted by atomic mass is 10.2. The number of halogens is 1. The average molecular weight is 303 g/mol. The summed E-state index contributed by atoms with van der Waals surface area (Å²) in [4.78, 5) is 15.1. The van der Waals surface area contributed by atoms with Gasteiger partial charge in [-0.05, 0) is 34.5 Å². The fraction of sp³-hybridized carbons (Fsp3) is 0.545. The van der Waals surface area contributed by atoms with Gasteiger partial charge in [0.05, 0.1) is 3.79 Å². The number of amides is 1. The van der Waals surface area contributed by atoms with Crippen molar-refractivity contribution in [1.29, 1.82) is 0 Å². The molecule has 0 radical (unpaired) electrons. The van der Waals surface area contributed by atoms with Crippen molar-refractivity contribution in [3.05, 3.63) is 20.8 Å². The maximum atomic E-state index is 11.9. The molecule has 1 saturated heterocycles. The summed E-state index contributed by atoms with van der Waals surface area (Å²) < 4.78 is 1.14. The quantitative estimate of drug-likeness (QED) is 0.924. The normalized spacial score (nSPS) is 16.4. The van der Waals surface area contributed by atoms with E-state index in [1.807, 2.05) is 11.0 Å². The van der Waals surface area contributed by atoms with Crippen molar-refractivity contribution in [2.45, 2.75) is 12.8 Å². The summed E-state index contributed by atoms with van der Waals surface area (Å²) in [6.07, 6.45) is 1.49. The molecule has 1 aliphatic rings. The van der Waals surface area contributed by atoms with Gasteiger partial charge in [-0.3, -0.25) is 4.79 Å². The lowest BCUT2D eigenvalue weighted by molar-refractivity contribution is -0.131. The Morgan fingerprint density at radius 2 is 2.19 bits per heavy atom. The second kappa shape index (κ2) is 5.80. The molecule has 0 saturated carbocycles. The standard InChI is InChI=1S/C11H15BrN2OS/c12-10-3-1-9(16-10)2-4-11(15)14-7-5-13-6-8-14/h1,3,13H,2,4-8H2. The highest BCUT2D eigenvalue weighted by atomic mass is 79.9. The van der Waals surface area contributed by atoms with Gasteiger partial charge in [0, 0.05) is 37.5 Å². The van der Waals surface area contributed by atoms with Gasteiger partial charge in [-0.25, -0.2) is 0 Å². The first-order valence-electron chi connectivity index (χ1n) is 5.48. The van der Waals surface area contributed by atoms with Crippen LogP contribution in [0.25, 0.3) is 0 Å². The Hall–Kier alpha value is -0.390.